The van der Waals surface area contributed by atoms with Gasteiger partial charge in [-0.2, -0.15) is 5.10 Å². The second kappa shape index (κ2) is 7.16. The number of hydrogen-bond donors (Lipinski definition) is 2. The maximum Gasteiger partial charge on any atom is 0.315 e. The molecule has 19 heavy (non-hydrogen) atoms. The summed E-state index contributed by atoms with van der Waals surface area (Å²) in [6, 6.07) is 2.25. The van der Waals surface area contributed by atoms with Crippen molar-refractivity contribution in [3.8, 4) is 0 Å². The molecule has 5 nitrogen and oxygen atoms in total. The van der Waals surface area contributed by atoms with Crippen molar-refractivity contribution in [3.05, 3.63) is 18.5 Å². The van der Waals surface area contributed by atoms with Gasteiger partial charge in [0.25, 0.3) is 0 Å². The fourth-order valence-electron chi connectivity index (χ4n) is 2.54. The predicted molar refractivity (Wildman–Crippen MR) is 74.8 cm³/mol. The van der Waals surface area contributed by atoms with Crippen LogP contribution in [0.25, 0.3) is 0 Å². The van der Waals surface area contributed by atoms with E-state index in [9.17, 15) is 4.79 Å². The average Bonchev–Trinajstić information content (AvgIpc) is 2.90. The van der Waals surface area contributed by atoms with Crippen molar-refractivity contribution in [2.24, 2.45) is 5.92 Å². The monoisotopic (exact) mass is 264 g/mol. The van der Waals surface area contributed by atoms with Gasteiger partial charge in [-0.1, -0.05) is 26.2 Å². The molecule has 1 aliphatic rings. The number of rotatable bonds is 5. The molecule has 1 heterocycles. The Labute approximate surface area is 114 Å². The quantitative estimate of drug-likeness (QED) is 0.856. The summed E-state index contributed by atoms with van der Waals surface area (Å²) in [5, 5.41) is 10.2. The van der Waals surface area contributed by atoms with Crippen LogP contribution in [0.1, 0.15) is 39.0 Å². The molecule has 1 atom stereocenters. The molecule has 1 aromatic rings. The molecule has 0 aliphatic heterocycles. The number of aromatic nitrogens is 2. The van der Waals surface area contributed by atoms with Crippen LogP contribution in [0.15, 0.2) is 18.5 Å². The second-order valence-corrected chi connectivity index (χ2v) is 5.52. The first-order valence-corrected chi connectivity index (χ1v) is 7.26. The van der Waals surface area contributed by atoms with E-state index in [2.05, 4.69) is 22.7 Å². The highest BCUT2D eigenvalue weighted by Gasteiger charge is 2.15. The van der Waals surface area contributed by atoms with E-state index in [0.717, 1.165) is 19.4 Å². The molecule has 2 amide bonds. The summed E-state index contributed by atoms with van der Waals surface area (Å²) in [5.74, 6) is 0.372. The van der Waals surface area contributed by atoms with Crippen LogP contribution in [0.3, 0.4) is 0 Å². The van der Waals surface area contributed by atoms with Crippen molar-refractivity contribution < 1.29 is 4.79 Å². The highest BCUT2D eigenvalue weighted by Crippen LogP contribution is 2.17. The van der Waals surface area contributed by atoms with Gasteiger partial charge >= 0.3 is 6.03 Å². The molecule has 0 aromatic carbocycles. The number of carbonyl (C=O) groups excluding carboxylic acids is 1. The average molecular weight is 264 g/mol. The Bertz CT molecular complexity index is 371. The number of carbonyl (C=O) groups is 1. The van der Waals surface area contributed by atoms with Crippen LogP contribution in [0.5, 0.6) is 0 Å². The lowest BCUT2D eigenvalue weighted by molar-refractivity contribution is 0.230. The van der Waals surface area contributed by atoms with E-state index in [1.165, 1.54) is 19.3 Å². The van der Waals surface area contributed by atoms with E-state index < -0.39 is 0 Å². The standard InChI is InChI=1S/C14H24N4O/c1-12(11-18-9-5-8-16-18)10-15-14(19)17-13-6-3-2-4-7-13/h5,8-9,12-13H,2-4,6-7,10-11H2,1H3,(H2,15,17,19). The van der Waals surface area contributed by atoms with E-state index in [1.54, 1.807) is 6.20 Å². The summed E-state index contributed by atoms with van der Waals surface area (Å²) in [6.07, 6.45) is 9.74. The molecule has 0 spiro atoms. The third kappa shape index (κ3) is 4.93. The van der Waals surface area contributed by atoms with Gasteiger partial charge < -0.3 is 10.6 Å². The number of amides is 2. The van der Waals surface area contributed by atoms with Gasteiger partial charge in [0.15, 0.2) is 0 Å². The Hall–Kier alpha value is -1.52. The van der Waals surface area contributed by atoms with E-state index in [1.807, 2.05) is 16.9 Å². The topological polar surface area (TPSA) is 59.0 Å². The Morgan fingerprint density at radius 3 is 2.89 bits per heavy atom. The van der Waals surface area contributed by atoms with Crippen LogP contribution in [0.4, 0.5) is 4.79 Å². The molecule has 0 saturated heterocycles. The number of nitrogens with zero attached hydrogens (tertiary/aromatic N) is 2. The molecule has 0 radical (unpaired) electrons. The first-order chi connectivity index (χ1) is 9.24. The van der Waals surface area contributed by atoms with E-state index in [-0.39, 0.29) is 6.03 Å². The van der Waals surface area contributed by atoms with Crippen LogP contribution in [-0.4, -0.2) is 28.4 Å². The molecule has 106 valence electrons. The largest absolute Gasteiger partial charge is 0.338 e. The van der Waals surface area contributed by atoms with Crippen molar-refractivity contribution in [2.45, 2.75) is 51.6 Å². The van der Waals surface area contributed by atoms with Crippen molar-refractivity contribution in [2.75, 3.05) is 6.54 Å². The molecule has 2 N–H and O–H groups in total. The Balaban J connectivity index is 1.62. The zero-order chi connectivity index (χ0) is 13.5. The molecule has 1 aliphatic carbocycles. The number of nitrogens with one attached hydrogen (secondary N) is 2. The maximum absolute atomic E-state index is 11.8. The van der Waals surface area contributed by atoms with Crippen molar-refractivity contribution in [3.63, 3.8) is 0 Å². The molecule has 1 aromatic heterocycles. The lowest BCUT2D eigenvalue weighted by Crippen LogP contribution is -2.44. The van der Waals surface area contributed by atoms with Gasteiger partial charge in [-0.3, -0.25) is 4.68 Å². The minimum absolute atomic E-state index is 0.0285. The second-order valence-electron chi connectivity index (χ2n) is 5.52. The maximum atomic E-state index is 11.8. The third-order valence-corrected chi connectivity index (χ3v) is 3.61. The summed E-state index contributed by atoms with van der Waals surface area (Å²) in [6.45, 7) is 3.62. The van der Waals surface area contributed by atoms with Crippen LogP contribution >= 0.6 is 0 Å². The van der Waals surface area contributed by atoms with Gasteiger partial charge in [-0.05, 0) is 24.8 Å². The van der Waals surface area contributed by atoms with Crippen LogP contribution in [-0.2, 0) is 6.54 Å². The van der Waals surface area contributed by atoms with Gasteiger partial charge in [-0.25, -0.2) is 4.79 Å². The molecule has 1 saturated carbocycles. The highest BCUT2D eigenvalue weighted by molar-refractivity contribution is 5.74. The van der Waals surface area contributed by atoms with Gasteiger partial charge in [-0.15, -0.1) is 0 Å². The fraction of sp³-hybridized carbons (Fsp3) is 0.714. The van der Waals surface area contributed by atoms with E-state index in [0.29, 0.717) is 18.5 Å². The highest BCUT2D eigenvalue weighted by atomic mass is 16.2. The summed E-state index contributed by atoms with van der Waals surface area (Å²) in [7, 11) is 0. The molecule has 5 heteroatoms. The fourth-order valence-corrected chi connectivity index (χ4v) is 2.54. The van der Waals surface area contributed by atoms with Gasteiger partial charge in [0.1, 0.15) is 0 Å². The summed E-state index contributed by atoms with van der Waals surface area (Å²) < 4.78 is 1.89. The number of hydrogen-bond acceptors (Lipinski definition) is 2. The normalized spacial score (nSPS) is 17.9. The lowest BCUT2D eigenvalue weighted by Gasteiger charge is -2.23. The first kappa shape index (κ1) is 13.9. The van der Waals surface area contributed by atoms with E-state index >= 15 is 0 Å². The minimum Gasteiger partial charge on any atom is -0.338 e. The van der Waals surface area contributed by atoms with Crippen molar-refractivity contribution >= 4 is 6.03 Å². The zero-order valence-electron chi connectivity index (χ0n) is 11.6. The molecular formula is C14H24N4O. The van der Waals surface area contributed by atoms with Crippen LogP contribution in [0, 0.1) is 5.92 Å². The summed E-state index contributed by atoms with van der Waals surface area (Å²) >= 11 is 0. The Morgan fingerprint density at radius 1 is 1.42 bits per heavy atom. The zero-order valence-corrected chi connectivity index (χ0v) is 11.6. The van der Waals surface area contributed by atoms with Crippen LogP contribution < -0.4 is 10.6 Å². The smallest absolute Gasteiger partial charge is 0.315 e. The SMILES string of the molecule is CC(CNC(=O)NC1CCCCC1)Cn1cccn1. The molecule has 1 unspecified atom stereocenters. The van der Waals surface area contributed by atoms with E-state index in [4.69, 9.17) is 0 Å². The van der Waals surface area contributed by atoms with Crippen LogP contribution in [0.2, 0.25) is 0 Å². The summed E-state index contributed by atoms with van der Waals surface area (Å²) in [4.78, 5) is 11.8. The van der Waals surface area contributed by atoms with Gasteiger partial charge in [0.05, 0.1) is 0 Å². The Kier molecular flexibility index (Phi) is 5.24. The number of urea groups is 1. The predicted octanol–water partition coefficient (Wildman–Crippen LogP) is 2.15. The lowest BCUT2D eigenvalue weighted by atomic mass is 9.96. The molecule has 1 fully saturated rings. The first-order valence-electron chi connectivity index (χ1n) is 7.26. The molecule has 2 rings (SSSR count). The third-order valence-electron chi connectivity index (χ3n) is 3.61. The minimum atomic E-state index is -0.0285. The summed E-state index contributed by atoms with van der Waals surface area (Å²) in [5.41, 5.74) is 0. The van der Waals surface area contributed by atoms with Crippen molar-refractivity contribution in [1.29, 1.82) is 0 Å². The Morgan fingerprint density at radius 2 is 2.21 bits per heavy atom. The molecule has 0 bridgehead atoms. The van der Waals surface area contributed by atoms with Gasteiger partial charge in [0, 0.05) is 31.5 Å². The van der Waals surface area contributed by atoms with Gasteiger partial charge in [0.2, 0.25) is 0 Å². The molecular weight excluding hydrogens is 240 g/mol. The van der Waals surface area contributed by atoms with Crippen molar-refractivity contribution in [1.82, 2.24) is 20.4 Å².